The molecule has 0 aliphatic heterocycles. The van der Waals surface area contributed by atoms with Gasteiger partial charge in [-0.25, -0.2) is 0 Å². The van der Waals surface area contributed by atoms with Gasteiger partial charge in [-0.05, 0) is 64.2 Å². The Morgan fingerprint density at radius 2 is 0.923 bits per heavy atom. The Hall–Kier alpha value is -1.32. The molecule has 0 spiro atoms. The van der Waals surface area contributed by atoms with Crippen LogP contribution in [0.3, 0.4) is 0 Å². The molecule has 0 aromatic heterocycles. The third-order valence-corrected chi connectivity index (χ3v) is 7.74. The predicted molar refractivity (Wildman–Crippen MR) is 167 cm³/mol. The number of esters is 1. The van der Waals surface area contributed by atoms with E-state index in [0.717, 1.165) is 64.2 Å². The summed E-state index contributed by atoms with van der Waals surface area (Å²) in [7, 11) is 0. The highest BCUT2D eigenvalue weighted by Crippen LogP contribution is 2.18. The molecule has 1 N–H and O–H groups in total. The number of allylic oxidation sites excluding steroid dienone is 2. The van der Waals surface area contributed by atoms with Crippen LogP contribution < -0.4 is 0 Å². The molecule has 230 valence electrons. The molecule has 0 aromatic carbocycles. The van der Waals surface area contributed by atoms with Gasteiger partial charge in [0.1, 0.15) is 6.10 Å². The maximum Gasteiger partial charge on any atom is 0.306 e. The molecule has 0 aliphatic carbocycles. The van der Waals surface area contributed by atoms with E-state index in [1.54, 1.807) is 0 Å². The molecule has 0 rings (SSSR count). The van der Waals surface area contributed by atoms with Gasteiger partial charge in [0, 0.05) is 12.8 Å². The van der Waals surface area contributed by atoms with Crippen LogP contribution in [0.2, 0.25) is 0 Å². The first-order valence-corrected chi connectivity index (χ1v) is 17.2. The first-order chi connectivity index (χ1) is 19.1. The van der Waals surface area contributed by atoms with Gasteiger partial charge in [-0.3, -0.25) is 9.59 Å². The monoisotopic (exact) mass is 550 g/mol. The summed E-state index contributed by atoms with van der Waals surface area (Å²) in [4.78, 5) is 23.1. The van der Waals surface area contributed by atoms with Crippen molar-refractivity contribution in [2.45, 2.75) is 200 Å². The number of ether oxygens (including phenoxy) is 1. The Balaban J connectivity index is 3.76. The van der Waals surface area contributed by atoms with Crippen LogP contribution in [0.25, 0.3) is 0 Å². The van der Waals surface area contributed by atoms with Crippen molar-refractivity contribution < 1.29 is 19.4 Å². The maximum absolute atomic E-state index is 12.5. The third-order valence-electron chi connectivity index (χ3n) is 7.74. The van der Waals surface area contributed by atoms with Crippen molar-refractivity contribution in [3.8, 4) is 0 Å². The average molecular weight is 551 g/mol. The van der Waals surface area contributed by atoms with Gasteiger partial charge >= 0.3 is 11.9 Å². The van der Waals surface area contributed by atoms with Crippen LogP contribution in [-0.2, 0) is 14.3 Å². The maximum atomic E-state index is 12.5. The number of carboxylic acids is 1. The van der Waals surface area contributed by atoms with E-state index in [4.69, 9.17) is 9.84 Å². The van der Waals surface area contributed by atoms with E-state index in [1.807, 2.05) is 0 Å². The van der Waals surface area contributed by atoms with E-state index < -0.39 is 5.97 Å². The summed E-state index contributed by atoms with van der Waals surface area (Å²) in [5.74, 6) is -0.712. The first-order valence-electron chi connectivity index (χ1n) is 17.2. The highest BCUT2D eigenvalue weighted by Gasteiger charge is 2.14. The topological polar surface area (TPSA) is 63.6 Å². The second-order valence-corrected chi connectivity index (χ2v) is 11.7. The minimum atomic E-state index is -0.702. The molecule has 0 amide bonds. The molecule has 0 saturated carbocycles. The SMILES string of the molecule is CCCCCCCC/C=C\CCCCCCCCCC(=O)OC(CCCCCC)CCCCCCCC(=O)O. The van der Waals surface area contributed by atoms with E-state index in [2.05, 4.69) is 26.0 Å². The Labute approximate surface area is 243 Å². The highest BCUT2D eigenvalue weighted by atomic mass is 16.5. The molecule has 4 nitrogen and oxygen atoms in total. The second-order valence-electron chi connectivity index (χ2n) is 11.7. The van der Waals surface area contributed by atoms with Gasteiger partial charge in [0.15, 0.2) is 0 Å². The highest BCUT2D eigenvalue weighted by molar-refractivity contribution is 5.69. The van der Waals surface area contributed by atoms with Crippen LogP contribution >= 0.6 is 0 Å². The predicted octanol–water partition coefficient (Wildman–Crippen LogP) is 11.5. The van der Waals surface area contributed by atoms with Crippen molar-refractivity contribution in [3.63, 3.8) is 0 Å². The average Bonchev–Trinajstić information content (AvgIpc) is 2.91. The zero-order valence-corrected chi connectivity index (χ0v) is 26.2. The molecule has 39 heavy (non-hydrogen) atoms. The Kier molecular flexibility index (Phi) is 30.2. The lowest BCUT2D eigenvalue weighted by Gasteiger charge is -2.18. The van der Waals surface area contributed by atoms with Gasteiger partial charge in [-0.15, -0.1) is 0 Å². The standard InChI is InChI=1S/C35H66O4/c1-3-5-7-9-10-11-12-13-14-15-16-17-18-19-20-24-28-32-35(38)39-33(29-25-8-6-4-2)30-26-22-21-23-27-31-34(36)37/h13-14,33H,3-12,15-32H2,1-2H3,(H,36,37)/b14-13-. The quantitative estimate of drug-likeness (QED) is 0.0529. The van der Waals surface area contributed by atoms with Gasteiger partial charge in [0.25, 0.3) is 0 Å². The van der Waals surface area contributed by atoms with Gasteiger partial charge in [-0.2, -0.15) is 0 Å². The van der Waals surface area contributed by atoms with E-state index in [1.165, 1.54) is 103 Å². The molecule has 0 aliphatic rings. The number of carboxylic acid groups (broad SMARTS) is 1. The van der Waals surface area contributed by atoms with Gasteiger partial charge in [0.05, 0.1) is 0 Å². The first kappa shape index (κ1) is 37.7. The van der Waals surface area contributed by atoms with E-state index in [9.17, 15) is 9.59 Å². The number of carbonyl (C=O) groups excluding carboxylic acids is 1. The fourth-order valence-corrected chi connectivity index (χ4v) is 5.18. The summed E-state index contributed by atoms with van der Waals surface area (Å²) in [6, 6.07) is 0. The van der Waals surface area contributed by atoms with E-state index in [-0.39, 0.29) is 18.5 Å². The lowest BCUT2D eigenvalue weighted by Crippen LogP contribution is -2.18. The molecule has 0 aromatic rings. The summed E-state index contributed by atoms with van der Waals surface area (Å²) in [6.45, 7) is 4.49. The number of rotatable bonds is 31. The molecule has 0 bridgehead atoms. The van der Waals surface area contributed by atoms with Gasteiger partial charge < -0.3 is 9.84 Å². The van der Waals surface area contributed by atoms with Crippen LogP contribution in [0.4, 0.5) is 0 Å². The Morgan fingerprint density at radius 3 is 1.41 bits per heavy atom. The summed E-state index contributed by atoms with van der Waals surface area (Å²) in [5, 5.41) is 8.74. The van der Waals surface area contributed by atoms with Crippen LogP contribution in [0.1, 0.15) is 194 Å². The molecule has 1 unspecified atom stereocenters. The fraction of sp³-hybridized carbons (Fsp3) is 0.886. The summed E-state index contributed by atoms with van der Waals surface area (Å²) in [5.41, 5.74) is 0. The van der Waals surface area contributed by atoms with Crippen molar-refractivity contribution in [1.29, 1.82) is 0 Å². The van der Waals surface area contributed by atoms with E-state index in [0.29, 0.717) is 6.42 Å². The smallest absolute Gasteiger partial charge is 0.306 e. The molecular weight excluding hydrogens is 484 g/mol. The Bertz CT molecular complexity index is 557. The minimum Gasteiger partial charge on any atom is -0.481 e. The molecular formula is C35H66O4. The molecule has 0 heterocycles. The van der Waals surface area contributed by atoms with Gasteiger partial charge in [-0.1, -0.05) is 129 Å². The second kappa shape index (κ2) is 31.2. The summed E-state index contributed by atoms with van der Waals surface area (Å²) in [6.07, 6.45) is 36.7. The largest absolute Gasteiger partial charge is 0.481 e. The minimum absolute atomic E-state index is 0.00954. The number of aliphatic carboxylic acids is 1. The zero-order chi connectivity index (χ0) is 28.7. The van der Waals surface area contributed by atoms with Crippen molar-refractivity contribution in [1.82, 2.24) is 0 Å². The van der Waals surface area contributed by atoms with Crippen LogP contribution in [0.15, 0.2) is 12.2 Å². The molecule has 0 radical (unpaired) electrons. The lowest BCUT2D eigenvalue weighted by atomic mass is 10.0. The van der Waals surface area contributed by atoms with Gasteiger partial charge in [0.2, 0.25) is 0 Å². The number of unbranched alkanes of at least 4 members (excludes halogenated alkanes) is 20. The van der Waals surface area contributed by atoms with Crippen molar-refractivity contribution in [3.05, 3.63) is 12.2 Å². The van der Waals surface area contributed by atoms with Crippen molar-refractivity contribution in [2.24, 2.45) is 0 Å². The molecule has 4 heteroatoms. The van der Waals surface area contributed by atoms with Crippen molar-refractivity contribution >= 4 is 11.9 Å². The Morgan fingerprint density at radius 1 is 0.538 bits per heavy atom. The molecule has 1 atom stereocenters. The number of hydrogen-bond acceptors (Lipinski definition) is 3. The van der Waals surface area contributed by atoms with Crippen LogP contribution in [-0.4, -0.2) is 23.1 Å². The van der Waals surface area contributed by atoms with E-state index >= 15 is 0 Å². The molecule has 0 fully saturated rings. The van der Waals surface area contributed by atoms with Crippen LogP contribution in [0.5, 0.6) is 0 Å². The zero-order valence-electron chi connectivity index (χ0n) is 26.2. The van der Waals surface area contributed by atoms with Crippen molar-refractivity contribution in [2.75, 3.05) is 0 Å². The summed E-state index contributed by atoms with van der Waals surface area (Å²) < 4.78 is 5.90. The van der Waals surface area contributed by atoms with Crippen LogP contribution in [0, 0.1) is 0 Å². The normalized spacial score (nSPS) is 12.3. The fourth-order valence-electron chi connectivity index (χ4n) is 5.18. The lowest BCUT2D eigenvalue weighted by molar-refractivity contribution is -0.150. The number of carbonyl (C=O) groups is 2. The third kappa shape index (κ3) is 31.1. The summed E-state index contributed by atoms with van der Waals surface area (Å²) >= 11 is 0. The molecule has 0 saturated heterocycles. The number of hydrogen-bond donors (Lipinski definition) is 1.